The van der Waals surface area contributed by atoms with E-state index in [2.05, 4.69) is 0 Å². The lowest BCUT2D eigenvalue weighted by Gasteiger charge is -2.20. The summed E-state index contributed by atoms with van der Waals surface area (Å²) in [5.74, 6) is -0.351. The number of hydrogen-bond donors (Lipinski definition) is 1. The zero-order valence-corrected chi connectivity index (χ0v) is 8.81. The second-order valence-electron chi connectivity index (χ2n) is 4.07. The molecule has 1 aromatic rings. The van der Waals surface area contributed by atoms with Crippen LogP contribution in [0.3, 0.4) is 0 Å². The lowest BCUT2D eigenvalue weighted by atomic mass is 9.89. The van der Waals surface area contributed by atoms with E-state index in [4.69, 9.17) is 17.3 Å². The van der Waals surface area contributed by atoms with Crippen LogP contribution < -0.4 is 5.73 Å². The Labute approximate surface area is 88.1 Å². The van der Waals surface area contributed by atoms with E-state index in [1.165, 1.54) is 6.07 Å². The standard InChI is InChI=1S/C11H13ClFN/c1-7(14)11(4-5-11)8-2-3-9(12)10(13)6-8/h2-3,6-7H,4-5,14H2,1H3. The van der Waals surface area contributed by atoms with E-state index in [0.29, 0.717) is 0 Å². The molecule has 0 aromatic heterocycles. The Hall–Kier alpha value is -0.600. The molecule has 0 heterocycles. The summed E-state index contributed by atoms with van der Waals surface area (Å²) in [6.45, 7) is 1.97. The molecule has 0 spiro atoms. The monoisotopic (exact) mass is 213 g/mol. The van der Waals surface area contributed by atoms with E-state index in [9.17, 15) is 4.39 Å². The van der Waals surface area contributed by atoms with Crippen LogP contribution in [-0.2, 0) is 5.41 Å². The van der Waals surface area contributed by atoms with Crippen molar-refractivity contribution in [1.29, 1.82) is 0 Å². The number of hydrogen-bond acceptors (Lipinski definition) is 1. The maximum absolute atomic E-state index is 13.2. The molecule has 0 aliphatic heterocycles. The molecule has 1 nitrogen and oxygen atoms in total. The number of rotatable bonds is 2. The first-order valence-corrected chi connectivity index (χ1v) is 5.15. The maximum Gasteiger partial charge on any atom is 0.142 e. The highest BCUT2D eigenvalue weighted by Crippen LogP contribution is 2.50. The summed E-state index contributed by atoms with van der Waals surface area (Å²) < 4.78 is 13.2. The van der Waals surface area contributed by atoms with Crippen molar-refractivity contribution in [2.45, 2.75) is 31.2 Å². The molecule has 2 N–H and O–H groups in total. The fourth-order valence-electron chi connectivity index (χ4n) is 1.95. The predicted octanol–water partition coefficient (Wildman–Crippen LogP) is 2.86. The van der Waals surface area contributed by atoms with Crippen molar-refractivity contribution in [2.75, 3.05) is 0 Å². The molecule has 1 fully saturated rings. The van der Waals surface area contributed by atoms with Gasteiger partial charge in [-0.15, -0.1) is 0 Å². The number of nitrogens with two attached hydrogens (primary N) is 1. The number of benzene rings is 1. The Morgan fingerprint density at radius 1 is 1.50 bits per heavy atom. The van der Waals surface area contributed by atoms with E-state index in [1.54, 1.807) is 6.07 Å². The first-order valence-electron chi connectivity index (χ1n) is 4.77. The van der Waals surface area contributed by atoms with Crippen LogP contribution in [0.4, 0.5) is 4.39 Å². The molecule has 0 saturated heterocycles. The van der Waals surface area contributed by atoms with Gasteiger partial charge in [-0.2, -0.15) is 0 Å². The van der Waals surface area contributed by atoms with Crippen LogP contribution in [-0.4, -0.2) is 6.04 Å². The zero-order valence-electron chi connectivity index (χ0n) is 8.06. The van der Waals surface area contributed by atoms with Gasteiger partial charge in [0.1, 0.15) is 5.82 Å². The Morgan fingerprint density at radius 3 is 2.57 bits per heavy atom. The Balaban J connectivity index is 2.38. The van der Waals surface area contributed by atoms with Crippen molar-refractivity contribution in [2.24, 2.45) is 5.73 Å². The van der Waals surface area contributed by atoms with Gasteiger partial charge in [-0.05, 0) is 37.5 Å². The van der Waals surface area contributed by atoms with Crippen LogP contribution >= 0.6 is 11.6 Å². The summed E-state index contributed by atoms with van der Waals surface area (Å²) in [5, 5.41) is 0.175. The molecule has 0 radical (unpaired) electrons. The van der Waals surface area contributed by atoms with Crippen LogP contribution in [0.1, 0.15) is 25.3 Å². The lowest BCUT2D eigenvalue weighted by Crippen LogP contribution is -2.31. The SMILES string of the molecule is CC(N)C1(c2ccc(Cl)c(F)c2)CC1. The average molecular weight is 214 g/mol. The molecule has 1 unspecified atom stereocenters. The van der Waals surface area contributed by atoms with Crippen molar-refractivity contribution in [1.82, 2.24) is 0 Å². The summed E-state index contributed by atoms with van der Waals surface area (Å²) in [5.41, 5.74) is 6.88. The fraction of sp³-hybridized carbons (Fsp3) is 0.455. The second kappa shape index (κ2) is 3.21. The van der Waals surface area contributed by atoms with Crippen LogP contribution in [0.5, 0.6) is 0 Å². The molecule has 14 heavy (non-hydrogen) atoms. The lowest BCUT2D eigenvalue weighted by molar-refractivity contribution is 0.548. The normalized spacial score (nSPS) is 20.6. The van der Waals surface area contributed by atoms with Crippen LogP contribution in [0.25, 0.3) is 0 Å². The third-order valence-corrected chi connectivity index (χ3v) is 3.46. The van der Waals surface area contributed by atoms with Crippen molar-refractivity contribution in [3.8, 4) is 0 Å². The highest BCUT2D eigenvalue weighted by molar-refractivity contribution is 6.30. The van der Waals surface area contributed by atoms with Crippen LogP contribution in [0.15, 0.2) is 18.2 Å². The molecule has 1 saturated carbocycles. The average Bonchev–Trinajstić information content (AvgIpc) is 2.90. The van der Waals surface area contributed by atoms with E-state index in [0.717, 1.165) is 18.4 Å². The van der Waals surface area contributed by atoms with Crippen LogP contribution in [0, 0.1) is 5.82 Å². The van der Waals surface area contributed by atoms with E-state index < -0.39 is 0 Å². The highest BCUT2D eigenvalue weighted by Gasteiger charge is 2.47. The van der Waals surface area contributed by atoms with Crippen molar-refractivity contribution >= 4 is 11.6 Å². The smallest absolute Gasteiger partial charge is 0.142 e. The zero-order chi connectivity index (χ0) is 10.3. The molecule has 0 amide bonds. The summed E-state index contributed by atoms with van der Waals surface area (Å²) >= 11 is 5.62. The van der Waals surface area contributed by atoms with Gasteiger partial charge in [0.2, 0.25) is 0 Å². The minimum Gasteiger partial charge on any atom is -0.327 e. The summed E-state index contributed by atoms with van der Waals surface area (Å²) in [6.07, 6.45) is 2.09. The molecule has 1 aliphatic carbocycles. The Kier molecular flexibility index (Phi) is 2.28. The molecular weight excluding hydrogens is 201 g/mol. The van der Waals surface area contributed by atoms with Gasteiger partial charge in [-0.3, -0.25) is 0 Å². The molecule has 1 aliphatic rings. The summed E-state index contributed by atoms with van der Waals surface area (Å²) in [6, 6.07) is 5.07. The van der Waals surface area contributed by atoms with Crippen molar-refractivity contribution in [3.05, 3.63) is 34.6 Å². The van der Waals surface area contributed by atoms with Gasteiger partial charge in [0.15, 0.2) is 0 Å². The Morgan fingerprint density at radius 2 is 2.14 bits per heavy atom. The third-order valence-electron chi connectivity index (χ3n) is 3.15. The van der Waals surface area contributed by atoms with Crippen molar-refractivity contribution in [3.63, 3.8) is 0 Å². The topological polar surface area (TPSA) is 26.0 Å². The second-order valence-corrected chi connectivity index (χ2v) is 4.48. The highest BCUT2D eigenvalue weighted by atomic mass is 35.5. The largest absolute Gasteiger partial charge is 0.327 e. The van der Waals surface area contributed by atoms with Gasteiger partial charge >= 0.3 is 0 Å². The predicted molar refractivity (Wildman–Crippen MR) is 56.0 cm³/mol. The summed E-state index contributed by atoms with van der Waals surface area (Å²) in [7, 11) is 0. The number of halogens is 2. The quantitative estimate of drug-likeness (QED) is 0.803. The van der Waals surface area contributed by atoms with Gasteiger partial charge in [0.05, 0.1) is 5.02 Å². The summed E-state index contributed by atoms with van der Waals surface area (Å²) in [4.78, 5) is 0. The molecule has 1 aromatic carbocycles. The van der Waals surface area contributed by atoms with Gasteiger partial charge in [0, 0.05) is 11.5 Å². The molecule has 2 rings (SSSR count). The van der Waals surface area contributed by atoms with Gasteiger partial charge in [-0.25, -0.2) is 4.39 Å². The molecule has 76 valence electrons. The minimum atomic E-state index is -0.351. The van der Waals surface area contributed by atoms with Gasteiger partial charge in [0.25, 0.3) is 0 Å². The first-order chi connectivity index (χ1) is 6.56. The fourth-order valence-corrected chi connectivity index (χ4v) is 2.06. The molecular formula is C11H13ClFN. The van der Waals surface area contributed by atoms with Gasteiger partial charge in [-0.1, -0.05) is 17.7 Å². The van der Waals surface area contributed by atoms with E-state index in [1.807, 2.05) is 13.0 Å². The molecule has 3 heteroatoms. The molecule has 0 bridgehead atoms. The minimum absolute atomic E-state index is 0.00539. The van der Waals surface area contributed by atoms with E-state index in [-0.39, 0.29) is 22.3 Å². The Bertz CT molecular complexity index is 358. The van der Waals surface area contributed by atoms with Crippen molar-refractivity contribution < 1.29 is 4.39 Å². The third kappa shape index (κ3) is 1.43. The first kappa shape index (κ1) is 9.94. The maximum atomic E-state index is 13.2. The van der Waals surface area contributed by atoms with Crippen LogP contribution in [0.2, 0.25) is 5.02 Å². The van der Waals surface area contributed by atoms with Gasteiger partial charge < -0.3 is 5.73 Å². The van der Waals surface area contributed by atoms with E-state index >= 15 is 0 Å². The molecule has 1 atom stereocenters.